The largest absolute Gasteiger partial charge is 0.448 e. The number of benzene rings is 1. The van der Waals surface area contributed by atoms with Crippen LogP contribution in [0.1, 0.15) is 44.5 Å². The van der Waals surface area contributed by atoms with E-state index in [1.165, 1.54) is 0 Å². The van der Waals surface area contributed by atoms with Gasteiger partial charge in [0.15, 0.2) is 20.2 Å². The maximum Gasteiger partial charge on any atom is 0.349 e. The summed E-state index contributed by atoms with van der Waals surface area (Å²) in [6, 6.07) is 10.3. The molecule has 1 aliphatic rings. The zero-order valence-corrected chi connectivity index (χ0v) is 17.4. The van der Waals surface area contributed by atoms with E-state index in [2.05, 4.69) is 0 Å². The zero-order chi connectivity index (χ0) is 20.2. The van der Waals surface area contributed by atoms with E-state index in [0.29, 0.717) is 23.7 Å². The average Bonchev–Trinajstić information content (AvgIpc) is 2.96. The van der Waals surface area contributed by atoms with Crippen molar-refractivity contribution in [2.45, 2.75) is 70.1 Å². The molecule has 0 aromatic heterocycles. The Morgan fingerprint density at radius 3 is 2.15 bits per heavy atom. The molecule has 3 atom stereocenters. The lowest BCUT2D eigenvalue weighted by Crippen LogP contribution is -2.61. The van der Waals surface area contributed by atoms with Crippen molar-refractivity contribution >= 4 is 25.9 Å². The van der Waals surface area contributed by atoms with Gasteiger partial charge < -0.3 is 14.3 Å². The molecule has 1 aromatic carbocycles. The van der Waals surface area contributed by atoms with Gasteiger partial charge in [-0.05, 0) is 18.1 Å². The lowest BCUT2D eigenvalue weighted by atomic mass is 9.87. The van der Waals surface area contributed by atoms with Gasteiger partial charge >= 0.3 is 5.97 Å². The highest BCUT2D eigenvalue weighted by Crippen LogP contribution is 2.39. The molecule has 1 saturated heterocycles. The number of carbonyl (C=O) groups is 3. The van der Waals surface area contributed by atoms with Gasteiger partial charge in [-0.2, -0.15) is 0 Å². The van der Waals surface area contributed by atoms with Crippen molar-refractivity contribution in [2.75, 3.05) is 0 Å². The van der Waals surface area contributed by atoms with E-state index < -0.39 is 43.7 Å². The molecule has 1 aromatic rings. The summed E-state index contributed by atoms with van der Waals surface area (Å²) in [6.45, 7) is 7.49. The van der Waals surface area contributed by atoms with Crippen molar-refractivity contribution in [2.24, 2.45) is 0 Å². The summed E-state index contributed by atoms with van der Waals surface area (Å²) in [5.41, 5.74) is -1.81. The van der Waals surface area contributed by atoms with Gasteiger partial charge in [0.05, 0.1) is 0 Å². The summed E-state index contributed by atoms with van der Waals surface area (Å²) in [5, 5.41) is 11.0. The van der Waals surface area contributed by atoms with Gasteiger partial charge in [-0.3, -0.25) is 9.59 Å². The fourth-order valence-corrected chi connectivity index (χ4v) is 6.51. The minimum Gasteiger partial charge on any atom is -0.448 e. The Hall–Kier alpha value is -1.83. The normalized spacial score (nSPS) is 25.3. The number of ether oxygens (including phenoxy) is 1. The van der Waals surface area contributed by atoms with Crippen molar-refractivity contribution in [3.8, 4) is 0 Å². The molecule has 148 valence electrons. The summed E-state index contributed by atoms with van der Waals surface area (Å²) < 4.78 is 11.5. The fraction of sp³-hybridized carbons (Fsp3) is 0.550. The molecule has 1 heterocycles. The van der Waals surface area contributed by atoms with Crippen molar-refractivity contribution in [3.63, 3.8) is 0 Å². The van der Waals surface area contributed by atoms with E-state index >= 15 is 0 Å². The minimum absolute atomic E-state index is 0.0000301. The second-order valence-electron chi connectivity index (χ2n) is 6.86. The number of esters is 1. The Kier molecular flexibility index (Phi) is 6.72. The number of cyclic esters (lactones) is 1. The van der Waals surface area contributed by atoms with Crippen LogP contribution in [0.3, 0.4) is 0 Å². The second kappa shape index (κ2) is 8.46. The topological polar surface area (TPSA) is 89.9 Å². The first kappa shape index (κ1) is 21.5. The quantitative estimate of drug-likeness (QED) is 0.301. The Morgan fingerprint density at radius 1 is 1.11 bits per heavy atom. The molecule has 1 N–H and O–H groups in total. The summed E-state index contributed by atoms with van der Waals surface area (Å²) >= 11 is 0. The van der Waals surface area contributed by atoms with E-state index in [1.54, 1.807) is 37.3 Å². The predicted molar refractivity (Wildman–Crippen MR) is 103 cm³/mol. The van der Waals surface area contributed by atoms with Gasteiger partial charge in [-0.1, -0.05) is 58.0 Å². The van der Waals surface area contributed by atoms with Crippen LogP contribution in [0.2, 0.25) is 18.1 Å². The van der Waals surface area contributed by atoms with E-state index in [4.69, 9.17) is 9.16 Å². The number of hydrogen-bond acceptors (Lipinski definition) is 6. The van der Waals surface area contributed by atoms with Crippen molar-refractivity contribution in [1.29, 1.82) is 0 Å². The third-order valence-electron chi connectivity index (χ3n) is 5.60. The Balaban J connectivity index is 2.47. The summed E-state index contributed by atoms with van der Waals surface area (Å²) in [5.74, 6) is -2.04. The number of carbonyl (C=O) groups excluding carboxylic acids is 3. The number of rotatable bonds is 9. The molecule has 2 rings (SSSR count). The zero-order valence-electron chi connectivity index (χ0n) is 16.4. The van der Waals surface area contributed by atoms with Gasteiger partial charge in [0.1, 0.15) is 6.10 Å². The summed E-state index contributed by atoms with van der Waals surface area (Å²) in [4.78, 5) is 38.4. The number of ketones is 2. The summed E-state index contributed by atoms with van der Waals surface area (Å²) in [7, 11) is -2.45. The highest BCUT2D eigenvalue weighted by atomic mass is 28.4. The molecule has 0 bridgehead atoms. The van der Waals surface area contributed by atoms with Crippen molar-refractivity contribution in [1.82, 2.24) is 0 Å². The van der Waals surface area contributed by atoms with Crippen LogP contribution >= 0.6 is 0 Å². The van der Waals surface area contributed by atoms with Crippen LogP contribution in [0.15, 0.2) is 30.3 Å². The molecular formula is C20H28O6Si. The first-order valence-corrected chi connectivity index (χ1v) is 12.1. The van der Waals surface area contributed by atoms with Gasteiger partial charge in [0.2, 0.25) is 11.4 Å². The number of aliphatic hydroxyl groups is 1. The smallest absolute Gasteiger partial charge is 0.349 e. The molecule has 6 nitrogen and oxygen atoms in total. The molecular weight excluding hydrogens is 364 g/mol. The Bertz CT molecular complexity index is 691. The molecule has 0 saturated carbocycles. The van der Waals surface area contributed by atoms with Crippen molar-refractivity contribution < 1.29 is 28.7 Å². The first-order chi connectivity index (χ1) is 12.8. The second-order valence-corrected chi connectivity index (χ2v) is 11.6. The lowest BCUT2D eigenvalue weighted by Gasteiger charge is -2.38. The van der Waals surface area contributed by atoms with Crippen LogP contribution in [-0.2, 0) is 18.8 Å². The number of Topliss-reactive ketones (excluding diaryl/α,β-unsaturated/α-hetero) is 2. The molecule has 7 heteroatoms. The maximum absolute atomic E-state index is 12.8. The van der Waals surface area contributed by atoms with Crippen LogP contribution in [0, 0.1) is 0 Å². The van der Waals surface area contributed by atoms with E-state index in [0.717, 1.165) is 0 Å². The lowest BCUT2D eigenvalue weighted by molar-refractivity contribution is -0.161. The number of hydrogen-bond donors (Lipinski definition) is 1. The molecule has 27 heavy (non-hydrogen) atoms. The van der Waals surface area contributed by atoms with Crippen LogP contribution in [0.4, 0.5) is 0 Å². The standard InChI is InChI=1S/C20H28O6Si/c1-5-15(21)20(26-27(6-2,7-3)8-4)18(23)17(25-19(20)24)16(22)14-12-10-9-11-13-14/h9-13,17-18,23H,5-8H2,1-4H3/t17-,18+,20-/m1/s1. The SMILES string of the molecule is CCC(=O)[C@]1(O[Si](CC)(CC)CC)C(=O)O[C@H](C(=O)c2ccccc2)[C@@H]1O. The van der Waals surface area contributed by atoms with Gasteiger partial charge in [-0.25, -0.2) is 4.79 Å². The monoisotopic (exact) mass is 392 g/mol. The average molecular weight is 393 g/mol. The molecule has 0 radical (unpaired) electrons. The van der Waals surface area contributed by atoms with Gasteiger partial charge in [0, 0.05) is 12.0 Å². The van der Waals surface area contributed by atoms with E-state index in [-0.39, 0.29) is 6.42 Å². The van der Waals surface area contributed by atoms with Crippen LogP contribution in [0.25, 0.3) is 0 Å². The van der Waals surface area contributed by atoms with Crippen LogP contribution in [0.5, 0.6) is 0 Å². The third-order valence-corrected chi connectivity index (χ3v) is 10.2. The molecule has 0 amide bonds. The highest BCUT2D eigenvalue weighted by Gasteiger charge is 2.66. The summed E-state index contributed by atoms with van der Waals surface area (Å²) in [6.07, 6.45) is -3.12. The fourth-order valence-electron chi connectivity index (χ4n) is 3.57. The number of aliphatic hydroxyl groups excluding tert-OH is 1. The predicted octanol–water partition coefficient (Wildman–Crippen LogP) is 2.90. The Morgan fingerprint density at radius 2 is 1.67 bits per heavy atom. The highest BCUT2D eigenvalue weighted by molar-refractivity contribution is 6.74. The van der Waals surface area contributed by atoms with Crippen LogP contribution in [-0.4, -0.2) is 48.8 Å². The van der Waals surface area contributed by atoms with Gasteiger partial charge in [0.25, 0.3) is 0 Å². The molecule has 1 fully saturated rings. The third kappa shape index (κ3) is 3.63. The van der Waals surface area contributed by atoms with E-state index in [1.807, 2.05) is 20.8 Å². The minimum atomic E-state index is -2.45. The van der Waals surface area contributed by atoms with Crippen molar-refractivity contribution in [3.05, 3.63) is 35.9 Å². The molecule has 0 aliphatic carbocycles. The molecule has 0 unspecified atom stereocenters. The molecule has 0 spiro atoms. The maximum atomic E-state index is 12.8. The first-order valence-electron chi connectivity index (χ1n) is 9.53. The molecule has 1 aliphatic heterocycles. The van der Waals surface area contributed by atoms with Crippen LogP contribution < -0.4 is 0 Å². The van der Waals surface area contributed by atoms with E-state index in [9.17, 15) is 19.5 Å². The van der Waals surface area contributed by atoms with Gasteiger partial charge in [-0.15, -0.1) is 0 Å². The Labute approximate surface area is 161 Å².